The molecule has 2 fully saturated rings. The van der Waals surface area contributed by atoms with E-state index in [2.05, 4.69) is 22.3 Å². The van der Waals surface area contributed by atoms with E-state index in [1.54, 1.807) is 12.1 Å². The lowest BCUT2D eigenvalue weighted by atomic mass is 9.88. The normalized spacial score (nSPS) is 25.5. The molecule has 2 N–H and O–H groups in total. The first-order chi connectivity index (χ1) is 18.1. The van der Waals surface area contributed by atoms with E-state index >= 15 is 0 Å². The van der Waals surface area contributed by atoms with Gasteiger partial charge < -0.3 is 19.7 Å². The molecule has 4 heterocycles. The molecule has 6 rings (SSSR count). The Hall–Kier alpha value is -3.26. The molecule has 0 unspecified atom stereocenters. The van der Waals surface area contributed by atoms with Crippen LogP contribution in [0, 0.1) is 17.8 Å². The Labute approximate surface area is 216 Å². The second-order valence-electron chi connectivity index (χ2n) is 10.5. The standard InChI is InChI=1S/C30H33N3O4/c34-19-25-24-18-32-26(7-4-8-27(32)35)28(24)33(17-20-13-15-37-16-14-20)29(25)30(36)31-23-11-9-22(10-12-23)21-5-2-1-3-6-21/h1-12,20,24-25,28-29,34H,13-19H2,(H,31,36)/t24-,25-,28+,29-/m0/s1. The molecule has 7 nitrogen and oxygen atoms in total. The summed E-state index contributed by atoms with van der Waals surface area (Å²) in [5.41, 5.74) is 3.88. The number of aliphatic hydroxyl groups is 1. The predicted octanol–water partition coefficient (Wildman–Crippen LogP) is 3.54. The van der Waals surface area contributed by atoms with E-state index in [1.807, 2.05) is 53.1 Å². The van der Waals surface area contributed by atoms with Crippen LogP contribution in [-0.2, 0) is 16.1 Å². The van der Waals surface area contributed by atoms with Gasteiger partial charge in [-0.05, 0) is 48.1 Å². The first kappa shape index (κ1) is 24.1. The molecule has 0 bridgehead atoms. The lowest BCUT2D eigenvalue weighted by molar-refractivity contribution is -0.123. The summed E-state index contributed by atoms with van der Waals surface area (Å²) in [5, 5.41) is 13.7. The number of aromatic nitrogens is 1. The number of hydrogen-bond donors (Lipinski definition) is 2. The highest BCUT2D eigenvalue weighted by Crippen LogP contribution is 2.49. The van der Waals surface area contributed by atoms with Crippen LogP contribution >= 0.6 is 0 Å². The molecule has 2 aromatic carbocycles. The molecule has 0 spiro atoms. The monoisotopic (exact) mass is 499 g/mol. The number of pyridine rings is 1. The minimum Gasteiger partial charge on any atom is -0.396 e. The summed E-state index contributed by atoms with van der Waals surface area (Å²) in [5.74, 6) is 0.0680. The molecule has 0 saturated carbocycles. The molecule has 37 heavy (non-hydrogen) atoms. The fraction of sp³-hybridized carbons (Fsp3) is 0.400. The molecule has 2 saturated heterocycles. The van der Waals surface area contributed by atoms with Crippen LogP contribution in [0.15, 0.2) is 77.6 Å². The lowest BCUT2D eigenvalue weighted by Gasteiger charge is -2.35. The third kappa shape index (κ3) is 4.52. The number of nitrogens with zero attached hydrogens (tertiary/aromatic N) is 2. The van der Waals surface area contributed by atoms with Crippen molar-refractivity contribution in [3.63, 3.8) is 0 Å². The molecule has 0 aliphatic carbocycles. The van der Waals surface area contributed by atoms with Crippen LogP contribution in [0.1, 0.15) is 24.6 Å². The van der Waals surface area contributed by atoms with Gasteiger partial charge in [0.05, 0.1) is 12.1 Å². The number of fused-ring (bicyclic) bond motifs is 3. The van der Waals surface area contributed by atoms with Crippen molar-refractivity contribution in [2.24, 2.45) is 17.8 Å². The summed E-state index contributed by atoms with van der Waals surface area (Å²) in [6.45, 7) is 2.65. The van der Waals surface area contributed by atoms with Gasteiger partial charge in [0.2, 0.25) is 5.91 Å². The van der Waals surface area contributed by atoms with Crippen molar-refractivity contribution in [3.05, 3.63) is 88.8 Å². The maximum absolute atomic E-state index is 13.8. The molecular formula is C30H33N3O4. The van der Waals surface area contributed by atoms with Crippen LogP contribution < -0.4 is 10.9 Å². The van der Waals surface area contributed by atoms with E-state index in [0.29, 0.717) is 12.5 Å². The number of benzene rings is 2. The number of likely N-dealkylation sites (tertiary alicyclic amines) is 1. The van der Waals surface area contributed by atoms with Crippen molar-refractivity contribution in [2.45, 2.75) is 31.5 Å². The Morgan fingerprint density at radius 1 is 0.946 bits per heavy atom. The number of ether oxygens (including phenoxy) is 1. The topological polar surface area (TPSA) is 83.8 Å². The fourth-order valence-electron chi connectivity index (χ4n) is 6.59. The summed E-state index contributed by atoms with van der Waals surface area (Å²) in [6.07, 6.45) is 1.91. The molecule has 1 aromatic heterocycles. The van der Waals surface area contributed by atoms with Crippen molar-refractivity contribution >= 4 is 11.6 Å². The molecule has 7 heteroatoms. The van der Waals surface area contributed by atoms with Crippen LogP contribution in [0.5, 0.6) is 0 Å². The Bertz CT molecular complexity index is 1300. The van der Waals surface area contributed by atoms with E-state index in [-0.39, 0.29) is 36.0 Å². The number of aliphatic hydroxyl groups excluding tert-OH is 1. The van der Waals surface area contributed by atoms with Crippen molar-refractivity contribution in [1.82, 2.24) is 9.47 Å². The smallest absolute Gasteiger partial charge is 0.250 e. The minimum atomic E-state index is -0.472. The summed E-state index contributed by atoms with van der Waals surface area (Å²) in [6, 6.07) is 22.9. The third-order valence-electron chi connectivity index (χ3n) is 8.40. The number of amides is 1. The summed E-state index contributed by atoms with van der Waals surface area (Å²) < 4.78 is 7.40. The van der Waals surface area contributed by atoms with Gasteiger partial charge in [-0.25, -0.2) is 0 Å². The van der Waals surface area contributed by atoms with Crippen molar-refractivity contribution < 1.29 is 14.6 Å². The van der Waals surface area contributed by atoms with Gasteiger partial charge >= 0.3 is 0 Å². The van der Waals surface area contributed by atoms with Crippen LogP contribution in [0.2, 0.25) is 0 Å². The highest BCUT2D eigenvalue weighted by molar-refractivity contribution is 5.95. The number of hydrogen-bond acceptors (Lipinski definition) is 5. The molecule has 3 aliphatic rings. The highest BCUT2D eigenvalue weighted by atomic mass is 16.5. The molecule has 3 aliphatic heterocycles. The van der Waals surface area contributed by atoms with E-state index < -0.39 is 6.04 Å². The zero-order valence-corrected chi connectivity index (χ0v) is 20.8. The predicted molar refractivity (Wildman–Crippen MR) is 142 cm³/mol. The number of nitrogens with one attached hydrogen (secondary N) is 1. The average Bonchev–Trinajstić information content (AvgIpc) is 3.46. The Kier molecular flexibility index (Phi) is 6.67. The van der Waals surface area contributed by atoms with Gasteiger partial charge in [0.1, 0.15) is 0 Å². The Balaban J connectivity index is 1.29. The number of carbonyl (C=O) groups is 1. The SMILES string of the molecule is O=C(Nc1ccc(-c2ccccc2)cc1)[C@@H]1[C@@H](CO)[C@@H]2Cn3c(cccc3=O)[C@@H]2N1CC1CCOCC1. The van der Waals surface area contributed by atoms with Gasteiger partial charge in [-0.1, -0.05) is 48.5 Å². The fourth-order valence-corrected chi connectivity index (χ4v) is 6.59. The molecular weight excluding hydrogens is 466 g/mol. The van der Waals surface area contributed by atoms with Crippen molar-refractivity contribution in [1.29, 1.82) is 0 Å². The number of rotatable bonds is 6. The van der Waals surface area contributed by atoms with E-state index in [0.717, 1.165) is 55.1 Å². The van der Waals surface area contributed by atoms with Crippen molar-refractivity contribution in [3.8, 4) is 11.1 Å². The van der Waals surface area contributed by atoms with Crippen molar-refractivity contribution in [2.75, 3.05) is 31.7 Å². The lowest BCUT2D eigenvalue weighted by Crippen LogP contribution is -2.47. The second kappa shape index (κ2) is 10.2. The maximum Gasteiger partial charge on any atom is 0.250 e. The molecule has 1 amide bonds. The average molecular weight is 500 g/mol. The number of anilines is 1. The van der Waals surface area contributed by atoms with E-state index in [9.17, 15) is 14.7 Å². The largest absolute Gasteiger partial charge is 0.396 e. The van der Waals surface area contributed by atoms with Gasteiger partial charge in [-0.3, -0.25) is 14.5 Å². The zero-order chi connectivity index (χ0) is 25.4. The van der Waals surface area contributed by atoms with Gasteiger partial charge in [-0.2, -0.15) is 0 Å². The molecule has 4 atom stereocenters. The quantitative estimate of drug-likeness (QED) is 0.542. The first-order valence-corrected chi connectivity index (χ1v) is 13.2. The summed E-state index contributed by atoms with van der Waals surface area (Å²) >= 11 is 0. The van der Waals surface area contributed by atoms with Crippen LogP contribution in [0.4, 0.5) is 5.69 Å². The van der Waals surface area contributed by atoms with Crippen LogP contribution in [0.25, 0.3) is 11.1 Å². The second-order valence-corrected chi connectivity index (χ2v) is 10.5. The Morgan fingerprint density at radius 3 is 2.41 bits per heavy atom. The Morgan fingerprint density at radius 2 is 1.68 bits per heavy atom. The first-order valence-electron chi connectivity index (χ1n) is 13.2. The zero-order valence-electron chi connectivity index (χ0n) is 20.8. The van der Waals surface area contributed by atoms with Crippen LogP contribution in [0.3, 0.4) is 0 Å². The van der Waals surface area contributed by atoms with E-state index in [4.69, 9.17) is 4.74 Å². The minimum absolute atomic E-state index is 0.0103. The third-order valence-corrected chi connectivity index (χ3v) is 8.40. The number of carbonyl (C=O) groups excluding carboxylic acids is 1. The highest BCUT2D eigenvalue weighted by Gasteiger charge is 2.55. The summed E-state index contributed by atoms with van der Waals surface area (Å²) in [7, 11) is 0. The van der Waals surface area contributed by atoms with Gasteiger partial charge in [-0.15, -0.1) is 0 Å². The van der Waals surface area contributed by atoms with E-state index in [1.165, 1.54) is 0 Å². The summed E-state index contributed by atoms with van der Waals surface area (Å²) in [4.78, 5) is 28.7. The van der Waals surface area contributed by atoms with Gasteiger partial charge in [0, 0.05) is 62.2 Å². The van der Waals surface area contributed by atoms with Gasteiger partial charge in [0.15, 0.2) is 0 Å². The molecule has 3 aromatic rings. The maximum atomic E-state index is 13.8. The van der Waals surface area contributed by atoms with Crippen LogP contribution in [-0.4, -0.2) is 52.9 Å². The van der Waals surface area contributed by atoms with Gasteiger partial charge in [0.25, 0.3) is 5.56 Å². The molecule has 0 radical (unpaired) electrons. The molecule has 192 valence electrons.